The Kier molecular flexibility index (Phi) is 5.34. The number of rotatable bonds is 3. The van der Waals surface area contributed by atoms with Crippen LogP contribution >= 0.6 is 43.5 Å². The molecule has 6 heteroatoms. The highest BCUT2D eigenvalue weighted by molar-refractivity contribution is 9.10. The molecule has 0 radical (unpaired) electrons. The van der Waals surface area contributed by atoms with Gasteiger partial charge in [-0.25, -0.2) is 15.0 Å². The van der Waals surface area contributed by atoms with Gasteiger partial charge in [-0.1, -0.05) is 85.9 Å². The third-order valence-corrected chi connectivity index (χ3v) is 5.10. The average Bonchev–Trinajstić information content (AvgIpc) is 2.68. The maximum atomic E-state index is 6.22. The monoisotopic (exact) mass is 499 g/mol. The molecule has 0 aliphatic rings. The number of hydrogen-bond acceptors (Lipinski definition) is 3. The van der Waals surface area contributed by atoms with E-state index in [1.165, 1.54) is 0 Å². The van der Waals surface area contributed by atoms with Crippen molar-refractivity contribution in [3.63, 3.8) is 0 Å². The predicted octanol–water partition coefficient (Wildman–Crippen LogP) is 7.05. The molecule has 0 saturated heterocycles. The quantitative estimate of drug-likeness (QED) is 0.302. The van der Waals surface area contributed by atoms with Crippen LogP contribution in [0.4, 0.5) is 0 Å². The van der Waals surface area contributed by atoms with Gasteiger partial charge in [0.1, 0.15) is 0 Å². The third-order valence-electron chi connectivity index (χ3n) is 3.89. The number of aromatic nitrogens is 3. The second-order valence-electron chi connectivity index (χ2n) is 5.84. The minimum atomic E-state index is 0.574. The van der Waals surface area contributed by atoms with Gasteiger partial charge in [-0.2, -0.15) is 0 Å². The fourth-order valence-electron chi connectivity index (χ4n) is 2.63. The molecular formula is C21H12Br2ClN3. The Morgan fingerprint density at radius 2 is 1.11 bits per heavy atom. The second-order valence-corrected chi connectivity index (χ2v) is 8.11. The Morgan fingerprint density at radius 1 is 0.556 bits per heavy atom. The van der Waals surface area contributed by atoms with Crippen LogP contribution < -0.4 is 0 Å². The molecule has 0 aliphatic carbocycles. The van der Waals surface area contributed by atoms with E-state index < -0.39 is 0 Å². The molecule has 4 aromatic rings. The van der Waals surface area contributed by atoms with Gasteiger partial charge in [-0.15, -0.1) is 0 Å². The topological polar surface area (TPSA) is 38.7 Å². The lowest BCUT2D eigenvalue weighted by molar-refractivity contribution is 1.07. The minimum Gasteiger partial charge on any atom is -0.208 e. The molecule has 3 nitrogen and oxygen atoms in total. The summed E-state index contributed by atoms with van der Waals surface area (Å²) in [6.07, 6.45) is 0. The number of halogens is 3. The van der Waals surface area contributed by atoms with E-state index in [1.807, 2.05) is 72.8 Å². The van der Waals surface area contributed by atoms with Crippen LogP contribution in [0.25, 0.3) is 34.2 Å². The fraction of sp³-hybridized carbons (Fsp3) is 0. The van der Waals surface area contributed by atoms with Gasteiger partial charge in [0.25, 0.3) is 0 Å². The lowest BCUT2D eigenvalue weighted by Gasteiger charge is -2.09. The SMILES string of the molecule is Clc1cc(Br)cc(-c2nc(-c3ccccc3)nc(-c3ccc(Br)cc3)n2)c1. The Labute approximate surface area is 178 Å². The van der Waals surface area contributed by atoms with E-state index >= 15 is 0 Å². The Balaban J connectivity index is 1.92. The van der Waals surface area contributed by atoms with Gasteiger partial charge in [-0.3, -0.25) is 0 Å². The number of benzene rings is 3. The van der Waals surface area contributed by atoms with Crippen molar-refractivity contribution < 1.29 is 0 Å². The average molecular weight is 502 g/mol. The maximum Gasteiger partial charge on any atom is 0.164 e. The van der Waals surface area contributed by atoms with Gasteiger partial charge in [0.15, 0.2) is 17.5 Å². The molecular weight excluding hydrogens is 490 g/mol. The summed E-state index contributed by atoms with van der Waals surface area (Å²) in [5.41, 5.74) is 2.67. The van der Waals surface area contributed by atoms with Gasteiger partial charge in [0.05, 0.1) is 0 Å². The molecule has 0 saturated carbocycles. The molecule has 132 valence electrons. The van der Waals surface area contributed by atoms with E-state index in [2.05, 4.69) is 36.8 Å². The lowest BCUT2D eigenvalue weighted by Crippen LogP contribution is -2.00. The summed E-state index contributed by atoms with van der Waals surface area (Å²) in [6, 6.07) is 23.4. The van der Waals surface area contributed by atoms with Crippen molar-refractivity contribution in [3.05, 3.63) is 86.8 Å². The van der Waals surface area contributed by atoms with Gasteiger partial charge >= 0.3 is 0 Å². The van der Waals surface area contributed by atoms with Crippen molar-refractivity contribution in [3.8, 4) is 34.2 Å². The second kappa shape index (κ2) is 7.89. The van der Waals surface area contributed by atoms with Crippen molar-refractivity contribution in [2.45, 2.75) is 0 Å². The number of hydrogen-bond donors (Lipinski definition) is 0. The molecule has 1 heterocycles. The highest BCUT2D eigenvalue weighted by Crippen LogP contribution is 2.29. The van der Waals surface area contributed by atoms with E-state index in [0.29, 0.717) is 22.5 Å². The molecule has 27 heavy (non-hydrogen) atoms. The lowest BCUT2D eigenvalue weighted by atomic mass is 10.1. The van der Waals surface area contributed by atoms with Crippen LogP contribution in [-0.2, 0) is 0 Å². The molecule has 0 aliphatic heterocycles. The van der Waals surface area contributed by atoms with Crippen molar-refractivity contribution in [1.29, 1.82) is 0 Å². The highest BCUT2D eigenvalue weighted by atomic mass is 79.9. The van der Waals surface area contributed by atoms with Gasteiger partial charge in [0, 0.05) is 30.7 Å². The van der Waals surface area contributed by atoms with E-state index in [0.717, 1.165) is 25.6 Å². The van der Waals surface area contributed by atoms with Gasteiger partial charge in [-0.05, 0) is 30.3 Å². The van der Waals surface area contributed by atoms with Gasteiger partial charge in [0.2, 0.25) is 0 Å². The summed E-state index contributed by atoms with van der Waals surface area (Å²) in [5.74, 6) is 1.81. The Bertz CT molecular complexity index is 1080. The first-order valence-electron chi connectivity index (χ1n) is 8.12. The molecule has 0 bridgehead atoms. The minimum absolute atomic E-state index is 0.574. The van der Waals surface area contributed by atoms with Crippen LogP contribution in [0.15, 0.2) is 81.7 Å². The maximum absolute atomic E-state index is 6.22. The van der Waals surface area contributed by atoms with Crippen LogP contribution in [0.5, 0.6) is 0 Å². The summed E-state index contributed by atoms with van der Waals surface area (Å²) in [6.45, 7) is 0. The van der Waals surface area contributed by atoms with E-state index in [9.17, 15) is 0 Å². The van der Waals surface area contributed by atoms with Crippen LogP contribution in [0.3, 0.4) is 0 Å². The molecule has 1 aromatic heterocycles. The summed E-state index contributed by atoms with van der Waals surface area (Å²) < 4.78 is 1.87. The molecule has 0 atom stereocenters. The van der Waals surface area contributed by atoms with E-state index in [-0.39, 0.29) is 0 Å². The summed E-state index contributed by atoms with van der Waals surface area (Å²) in [4.78, 5) is 14.1. The van der Waals surface area contributed by atoms with Crippen molar-refractivity contribution in [2.75, 3.05) is 0 Å². The smallest absolute Gasteiger partial charge is 0.164 e. The van der Waals surface area contributed by atoms with Crippen molar-refractivity contribution >= 4 is 43.5 Å². The molecule has 0 fully saturated rings. The Hall–Kier alpha value is -2.08. The van der Waals surface area contributed by atoms with Crippen LogP contribution in [-0.4, -0.2) is 15.0 Å². The molecule has 0 unspecified atom stereocenters. The third kappa shape index (κ3) is 4.26. The zero-order valence-electron chi connectivity index (χ0n) is 13.9. The molecule has 4 rings (SSSR count). The summed E-state index contributed by atoms with van der Waals surface area (Å²) >= 11 is 13.2. The highest BCUT2D eigenvalue weighted by Gasteiger charge is 2.13. The molecule has 0 N–H and O–H groups in total. The van der Waals surface area contributed by atoms with Crippen LogP contribution in [0.2, 0.25) is 5.02 Å². The number of nitrogens with zero attached hydrogens (tertiary/aromatic N) is 3. The standard InChI is InChI=1S/C21H12Br2ClN3/c22-16-8-6-14(7-9-16)20-25-19(13-4-2-1-3-5-13)26-21(27-20)15-10-17(23)12-18(24)11-15/h1-12H. The first kappa shape index (κ1) is 18.3. The van der Waals surface area contributed by atoms with E-state index in [1.54, 1.807) is 0 Å². The zero-order chi connectivity index (χ0) is 18.8. The van der Waals surface area contributed by atoms with E-state index in [4.69, 9.17) is 21.6 Å². The van der Waals surface area contributed by atoms with Crippen molar-refractivity contribution in [2.24, 2.45) is 0 Å². The molecule has 0 spiro atoms. The van der Waals surface area contributed by atoms with Gasteiger partial charge < -0.3 is 0 Å². The first-order valence-corrected chi connectivity index (χ1v) is 10.1. The first-order chi connectivity index (χ1) is 13.1. The summed E-state index contributed by atoms with van der Waals surface area (Å²) in [5, 5.41) is 0.617. The fourth-order valence-corrected chi connectivity index (χ4v) is 3.76. The van der Waals surface area contributed by atoms with Crippen molar-refractivity contribution in [1.82, 2.24) is 15.0 Å². The largest absolute Gasteiger partial charge is 0.208 e. The summed E-state index contributed by atoms with van der Waals surface area (Å²) in [7, 11) is 0. The van der Waals surface area contributed by atoms with Crippen LogP contribution in [0, 0.1) is 0 Å². The molecule has 0 amide bonds. The Morgan fingerprint density at radius 3 is 1.70 bits per heavy atom. The zero-order valence-corrected chi connectivity index (χ0v) is 17.8. The van der Waals surface area contributed by atoms with Crippen LogP contribution in [0.1, 0.15) is 0 Å². The predicted molar refractivity (Wildman–Crippen MR) is 117 cm³/mol. The molecule has 3 aromatic carbocycles. The normalized spacial score (nSPS) is 10.8.